The number of hydrogen-bond donors (Lipinski definition) is 0. The van der Waals surface area contributed by atoms with E-state index in [0.717, 1.165) is 0 Å². The molecule has 0 aromatic heterocycles. The molecule has 0 heterocycles. The Kier molecular flexibility index (Phi) is 4.59. The number of halogens is 5. The largest absolute Gasteiger partial charge is 1.00 e. The van der Waals surface area contributed by atoms with Gasteiger partial charge in [0.2, 0.25) is 0 Å². The number of rotatable bonds is 0. The van der Waals surface area contributed by atoms with Gasteiger partial charge in [-0.25, -0.2) is 13.2 Å². The van der Waals surface area contributed by atoms with Crippen LogP contribution in [0.5, 0.6) is 0 Å². The van der Waals surface area contributed by atoms with Crippen molar-refractivity contribution in [1.29, 1.82) is 0 Å². The van der Waals surface area contributed by atoms with Crippen molar-refractivity contribution in [2.45, 2.75) is 6.18 Å². The van der Waals surface area contributed by atoms with Crippen LogP contribution in [0.15, 0.2) is 0 Å². The molecule has 0 N–H and O–H groups in total. The van der Waals surface area contributed by atoms with E-state index in [-0.39, 0.29) is 18.9 Å². The Morgan fingerprint density at radius 3 is 1.12 bits per heavy atom. The van der Waals surface area contributed by atoms with E-state index in [1.807, 2.05) is 0 Å². The Balaban J connectivity index is 0. The first-order chi connectivity index (χ1) is 2.94. The van der Waals surface area contributed by atoms with Crippen LogP contribution in [-0.4, -0.2) is 6.18 Å². The van der Waals surface area contributed by atoms with Crippen LogP contribution >= 0.6 is 0 Å². The van der Waals surface area contributed by atoms with Crippen LogP contribution in [0, 0.1) is 6.43 Å². The summed E-state index contributed by atoms with van der Waals surface area (Å²) in [5.41, 5.74) is 0. The fraction of sp³-hybridized carbons (Fsp3) is 0.500. The third kappa shape index (κ3) is 4.41. The first-order valence-electron chi connectivity index (χ1n) is 1.19. The monoisotopic (exact) mass is 126 g/mol. The summed E-state index contributed by atoms with van der Waals surface area (Å²) in [7, 11) is 0. The molecule has 0 spiro atoms. The van der Waals surface area contributed by atoms with Crippen LogP contribution in [0.1, 0.15) is 0 Å². The van der Waals surface area contributed by atoms with Crippen LogP contribution in [0.4, 0.5) is 22.0 Å². The molecule has 0 radical (unpaired) electrons. The summed E-state index contributed by atoms with van der Waals surface area (Å²) in [5.74, 6) is 0. The van der Waals surface area contributed by atoms with Crippen molar-refractivity contribution in [2.24, 2.45) is 0 Å². The number of hydrogen-bond acceptors (Lipinski definition) is 0. The summed E-state index contributed by atoms with van der Waals surface area (Å²) in [6.45, 7) is 0. The molecular formula is C2F5Li. The van der Waals surface area contributed by atoms with Gasteiger partial charge in [-0.05, 0) is 0 Å². The van der Waals surface area contributed by atoms with Crippen molar-refractivity contribution in [2.75, 3.05) is 0 Å². The van der Waals surface area contributed by atoms with Gasteiger partial charge < -0.3 is 8.78 Å². The van der Waals surface area contributed by atoms with Crippen LogP contribution in [0.2, 0.25) is 0 Å². The summed E-state index contributed by atoms with van der Waals surface area (Å²) >= 11 is 0. The summed E-state index contributed by atoms with van der Waals surface area (Å²) in [4.78, 5) is 0. The van der Waals surface area contributed by atoms with Gasteiger partial charge in [0.15, 0.2) is 0 Å². The van der Waals surface area contributed by atoms with Crippen molar-refractivity contribution in [3.63, 3.8) is 0 Å². The zero-order valence-electron chi connectivity index (χ0n) is 3.89. The van der Waals surface area contributed by atoms with Crippen LogP contribution in [-0.2, 0) is 0 Å². The van der Waals surface area contributed by atoms with Gasteiger partial charge >= 0.3 is 25.0 Å². The summed E-state index contributed by atoms with van der Waals surface area (Å²) in [6.07, 6.45) is -8.92. The van der Waals surface area contributed by atoms with E-state index < -0.39 is 12.6 Å². The molecule has 0 fully saturated rings. The van der Waals surface area contributed by atoms with Gasteiger partial charge in [0.05, 0.1) is 0 Å². The maximum absolute atomic E-state index is 10.4. The van der Waals surface area contributed by atoms with E-state index in [1.165, 1.54) is 0 Å². The maximum atomic E-state index is 10.4. The third-order valence-electron chi connectivity index (χ3n) is 0.214. The predicted octanol–water partition coefficient (Wildman–Crippen LogP) is -1.02. The van der Waals surface area contributed by atoms with Gasteiger partial charge in [-0.1, -0.05) is 0 Å². The minimum atomic E-state index is -5.42. The van der Waals surface area contributed by atoms with Gasteiger partial charge in [0.25, 0.3) is 0 Å². The molecule has 0 saturated heterocycles. The van der Waals surface area contributed by atoms with Crippen molar-refractivity contribution in [3.05, 3.63) is 6.43 Å². The molecule has 0 unspecified atom stereocenters. The fourth-order valence-electron chi connectivity index (χ4n) is 0. The molecule has 0 atom stereocenters. The summed E-state index contributed by atoms with van der Waals surface area (Å²) < 4.78 is 51.8. The Labute approximate surface area is 54.2 Å². The normalized spacial score (nSPS) is 11.2. The maximum Gasteiger partial charge on any atom is 1.00 e. The van der Waals surface area contributed by atoms with Crippen molar-refractivity contribution in [3.8, 4) is 0 Å². The molecule has 0 nitrogen and oxygen atoms in total. The molecule has 0 bridgehead atoms. The fourth-order valence-corrected chi connectivity index (χ4v) is 0. The molecule has 0 aromatic carbocycles. The SMILES string of the molecule is F[C-](F)C(F)(F)F.[Li+]. The molecule has 0 aliphatic rings. The molecular weight excluding hydrogens is 126 g/mol. The second-order valence-corrected chi connectivity index (χ2v) is 0.758. The van der Waals surface area contributed by atoms with E-state index in [4.69, 9.17) is 0 Å². The van der Waals surface area contributed by atoms with Crippen LogP contribution < -0.4 is 18.9 Å². The number of alkyl halides is 3. The van der Waals surface area contributed by atoms with Crippen LogP contribution in [0.3, 0.4) is 0 Å². The molecule has 0 aliphatic heterocycles. The second-order valence-electron chi connectivity index (χ2n) is 0.758. The standard InChI is InChI=1S/C2F5.Li/c3-1(4)2(5,6)7;/q-1;+1. The average molecular weight is 126 g/mol. The van der Waals surface area contributed by atoms with E-state index >= 15 is 0 Å². The molecule has 6 heteroatoms. The first kappa shape index (κ1) is 11.1. The van der Waals surface area contributed by atoms with E-state index in [0.29, 0.717) is 0 Å². The summed E-state index contributed by atoms with van der Waals surface area (Å²) in [6, 6.07) is 0. The van der Waals surface area contributed by atoms with Gasteiger partial charge in [-0.15, -0.1) is 0 Å². The molecule has 0 aromatic rings. The zero-order valence-corrected chi connectivity index (χ0v) is 3.89. The Morgan fingerprint density at radius 1 is 1.00 bits per heavy atom. The quantitative estimate of drug-likeness (QED) is 0.221. The molecule has 0 rings (SSSR count). The summed E-state index contributed by atoms with van der Waals surface area (Å²) in [5, 5.41) is 0. The van der Waals surface area contributed by atoms with Gasteiger partial charge in [-0.2, -0.15) is 0 Å². The molecule has 0 aliphatic carbocycles. The molecule has 8 heavy (non-hydrogen) atoms. The Morgan fingerprint density at radius 2 is 1.12 bits per heavy atom. The minimum absolute atomic E-state index is 0. The van der Waals surface area contributed by atoms with E-state index in [2.05, 4.69) is 0 Å². The van der Waals surface area contributed by atoms with E-state index in [9.17, 15) is 22.0 Å². The van der Waals surface area contributed by atoms with Crippen LogP contribution in [0.25, 0.3) is 0 Å². The second kappa shape index (κ2) is 3.31. The van der Waals surface area contributed by atoms with Gasteiger partial charge in [-0.3, -0.25) is 0 Å². The third-order valence-corrected chi connectivity index (χ3v) is 0.214. The topological polar surface area (TPSA) is 0 Å². The zero-order chi connectivity index (χ0) is 6.08. The predicted molar refractivity (Wildman–Crippen MR) is 11.5 cm³/mol. The van der Waals surface area contributed by atoms with Gasteiger partial charge in [0.1, 0.15) is 6.43 Å². The van der Waals surface area contributed by atoms with E-state index in [1.54, 1.807) is 0 Å². The van der Waals surface area contributed by atoms with Crippen molar-refractivity contribution >= 4 is 0 Å². The Hall–Kier alpha value is 0.247. The smallest absolute Gasteiger partial charge is 0.412 e. The Bertz CT molecular complexity index is 55.9. The molecule has 44 valence electrons. The minimum Gasteiger partial charge on any atom is -0.412 e. The molecule has 0 amide bonds. The van der Waals surface area contributed by atoms with Gasteiger partial charge in [0, 0.05) is 0 Å². The molecule has 0 saturated carbocycles. The first-order valence-corrected chi connectivity index (χ1v) is 1.19. The average Bonchev–Trinajstić information content (AvgIpc) is 1.31. The van der Waals surface area contributed by atoms with Crippen molar-refractivity contribution in [1.82, 2.24) is 0 Å². The van der Waals surface area contributed by atoms with Crippen molar-refractivity contribution < 1.29 is 40.8 Å².